The zero-order valence-electron chi connectivity index (χ0n) is 9.75. The third kappa shape index (κ3) is 4.97. The molecule has 0 aliphatic carbocycles. The van der Waals surface area contributed by atoms with Gasteiger partial charge in [0.25, 0.3) is 0 Å². The van der Waals surface area contributed by atoms with Crippen LogP contribution < -0.4 is 9.47 Å². The molecular formula is C12H15F3O2. The Bertz CT molecular complexity index is 329. The van der Waals surface area contributed by atoms with Crippen molar-refractivity contribution >= 4 is 0 Å². The van der Waals surface area contributed by atoms with E-state index in [4.69, 9.17) is 4.74 Å². The van der Waals surface area contributed by atoms with E-state index in [-0.39, 0.29) is 11.9 Å². The van der Waals surface area contributed by atoms with Crippen molar-refractivity contribution in [2.45, 2.75) is 39.2 Å². The fourth-order valence-electron chi connectivity index (χ4n) is 1.37. The number of alkyl halides is 3. The second kappa shape index (κ2) is 5.80. The molecule has 1 aromatic carbocycles. The van der Waals surface area contributed by atoms with Crippen molar-refractivity contribution in [3.05, 3.63) is 24.3 Å². The molecule has 17 heavy (non-hydrogen) atoms. The maximum absolute atomic E-state index is 11.9. The summed E-state index contributed by atoms with van der Waals surface area (Å²) in [7, 11) is 0. The van der Waals surface area contributed by atoms with E-state index in [9.17, 15) is 13.2 Å². The maximum Gasteiger partial charge on any atom is 0.573 e. The Hall–Kier alpha value is -1.39. The fourth-order valence-corrected chi connectivity index (χ4v) is 1.37. The highest BCUT2D eigenvalue weighted by atomic mass is 19.4. The minimum Gasteiger partial charge on any atom is -0.490 e. The van der Waals surface area contributed by atoms with Crippen LogP contribution in [0.2, 0.25) is 0 Å². The Morgan fingerprint density at radius 3 is 1.88 bits per heavy atom. The van der Waals surface area contributed by atoms with Gasteiger partial charge < -0.3 is 9.47 Å². The van der Waals surface area contributed by atoms with E-state index in [1.165, 1.54) is 24.3 Å². The number of benzene rings is 1. The Balaban J connectivity index is 2.62. The summed E-state index contributed by atoms with van der Waals surface area (Å²) in [5.41, 5.74) is 0. The van der Waals surface area contributed by atoms with Gasteiger partial charge in [0, 0.05) is 0 Å². The molecule has 0 atom stereocenters. The first-order valence-corrected chi connectivity index (χ1v) is 5.47. The Labute approximate surface area is 98.3 Å². The predicted molar refractivity (Wildman–Crippen MR) is 58.1 cm³/mol. The lowest BCUT2D eigenvalue weighted by atomic mass is 10.2. The van der Waals surface area contributed by atoms with Gasteiger partial charge in [-0.1, -0.05) is 13.8 Å². The van der Waals surface area contributed by atoms with E-state index in [0.717, 1.165) is 12.8 Å². The van der Waals surface area contributed by atoms with Crippen molar-refractivity contribution in [3.8, 4) is 11.5 Å². The number of ether oxygens (including phenoxy) is 2. The zero-order chi connectivity index (χ0) is 12.9. The summed E-state index contributed by atoms with van der Waals surface area (Å²) in [5, 5.41) is 0. The zero-order valence-corrected chi connectivity index (χ0v) is 9.75. The van der Waals surface area contributed by atoms with Crippen molar-refractivity contribution in [1.29, 1.82) is 0 Å². The maximum atomic E-state index is 11.9. The smallest absolute Gasteiger partial charge is 0.490 e. The van der Waals surface area contributed by atoms with Crippen LogP contribution in [0.4, 0.5) is 13.2 Å². The highest BCUT2D eigenvalue weighted by Gasteiger charge is 2.30. The van der Waals surface area contributed by atoms with E-state index in [1.54, 1.807) is 0 Å². The van der Waals surface area contributed by atoms with Gasteiger partial charge in [-0.05, 0) is 37.1 Å². The Morgan fingerprint density at radius 1 is 1.00 bits per heavy atom. The molecule has 0 unspecified atom stereocenters. The van der Waals surface area contributed by atoms with Crippen LogP contribution in [0.1, 0.15) is 26.7 Å². The number of halogens is 3. The van der Waals surface area contributed by atoms with E-state index in [2.05, 4.69) is 4.74 Å². The molecule has 0 fully saturated rings. The van der Waals surface area contributed by atoms with Crippen molar-refractivity contribution in [3.63, 3.8) is 0 Å². The monoisotopic (exact) mass is 248 g/mol. The van der Waals surface area contributed by atoms with Crippen LogP contribution in [-0.4, -0.2) is 12.5 Å². The van der Waals surface area contributed by atoms with Crippen molar-refractivity contribution in [1.82, 2.24) is 0 Å². The lowest BCUT2D eigenvalue weighted by Crippen LogP contribution is -2.17. The standard InChI is InChI=1S/C12H15F3O2/c1-3-9(4-2)16-10-5-7-11(8-6-10)17-12(13,14)15/h5-9H,3-4H2,1-2H3. The summed E-state index contributed by atoms with van der Waals surface area (Å²) in [4.78, 5) is 0. The first-order chi connectivity index (χ1) is 7.94. The molecular weight excluding hydrogens is 233 g/mol. The normalized spacial score (nSPS) is 11.6. The molecule has 0 N–H and O–H groups in total. The quantitative estimate of drug-likeness (QED) is 0.779. The molecule has 0 heterocycles. The molecule has 1 aromatic rings. The van der Waals surface area contributed by atoms with Gasteiger partial charge in [-0.2, -0.15) is 0 Å². The van der Waals surface area contributed by atoms with E-state index in [1.807, 2.05) is 13.8 Å². The molecule has 0 aliphatic rings. The second-order valence-electron chi connectivity index (χ2n) is 3.58. The third-order valence-corrected chi connectivity index (χ3v) is 2.27. The molecule has 0 amide bonds. The summed E-state index contributed by atoms with van der Waals surface area (Å²) >= 11 is 0. The average Bonchev–Trinajstić information content (AvgIpc) is 2.26. The Morgan fingerprint density at radius 2 is 1.47 bits per heavy atom. The molecule has 96 valence electrons. The van der Waals surface area contributed by atoms with E-state index >= 15 is 0 Å². The van der Waals surface area contributed by atoms with Crippen molar-refractivity contribution in [2.24, 2.45) is 0 Å². The topological polar surface area (TPSA) is 18.5 Å². The van der Waals surface area contributed by atoms with Gasteiger partial charge in [0.2, 0.25) is 0 Å². The van der Waals surface area contributed by atoms with Gasteiger partial charge in [0.15, 0.2) is 0 Å². The molecule has 0 aromatic heterocycles. The average molecular weight is 248 g/mol. The highest BCUT2D eigenvalue weighted by Crippen LogP contribution is 2.25. The first kappa shape index (κ1) is 13.7. The van der Waals surface area contributed by atoms with E-state index in [0.29, 0.717) is 5.75 Å². The van der Waals surface area contributed by atoms with Crippen molar-refractivity contribution in [2.75, 3.05) is 0 Å². The summed E-state index contributed by atoms with van der Waals surface area (Å²) in [5.74, 6) is 0.308. The van der Waals surface area contributed by atoms with E-state index < -0.39 is 6.36 Å². The van der Waals surface area contributed by atoms with Crippen LogP contribution in [0, 0.1) is 0 Å². The Kier molecular flexibility index (Phi) is 4.66. The van der Waals surface area contributed by atoms with Crippen LogP contribution in [0.15, 0.2) is 24.3 Å². The third-order valence-electron chi connectivity index (χ3n) is 2.27. The number of hydrogen-bond donors (Lipinski definition) is 0. The first-order valence-electron chi connectivity index (χ1n) is 5.47. The molecule has 2 nitrogen and oxygen atoms in total. The number of rotatable bonds is 5. The lowest BCUT2D eigenvalue weighted by molar-refractivity contribution is -0.274. The molecule has 0 radical (unpaired) electrons. The summed E-state index contributed by atoms with van der Waals surface area (Å²) < 4.78 is 45.0. The molecule has 0 saturated carbocycles. The minimum absolute atomic E-state index is 0.0874. The van der Waals surface area contributed by atoms with Crippen LogP contribution >= 0.6 is 0 Å². The largest absolute Gasteiger partial charge is 0.573 e. The van der Waals surface area contributed by atoms with Gasteiger partial charge >= 0.3 is 6.36 Å². The minimum atomic E-state index is -4.66. The van der Waals surface area contributed by atoms with Crippen LogP contribution in [0.3, 0.4) is 0 Å². The molecule has 0 aliphatic heterocycles. The molecule has 0 saturated heterocycles. The predicted octanol–water partition coefficient (Wildman–Crippen LogP) is 4.15. The van der Waals surface area contributed by atoms with Crippen LogP contribution in [0.5, 0.6) is 11.5 Å². The number of hydrogen-bond acceptors (Lipinski definition) is 2. The van der Waals surface area contributed by atoms with Gasteiger partial charge in [0.1, 0.15) is 11.5 Å². The fraction of sp³-hybridized carbons (Fsp3) is 0.500. The molecule has 5 heteroatoms. The van der Waals surface area contributed by atoms with Crippen molar-refractivity contribution < 1.29 is 22.6 Å². The SMILES string of the molecule is CCC(CC)Oc1ccc(OC(F)(F)F)cc1. The van der Waals surface area contributed by atoms with Crippen LogP contribution in [-0.2, 0) is 0 Å². The van der Waals surface area contributed by atoms with Crippen LogP contribution in [0.25, 0.3) is 0 Å². The van der Waals surface area contributed by atoms with Gasteiger partial charge in [0.05, 0.1) is 6.10 Å². The lowest BCUT2D eigenvalue weighted by Gasteiger charge is -2.16. The molecule has 0 bridgehead atoms. The van der Waals surface area contributed by atoms with Gasteiger partial charge in [-0.25, -0.2) is 0 Å². The highest BCUT2D eigenvalue weighted by molar-refractivity contribution is 5.31. The summed E-state index contributed by atoms with van der Waals surface area (Å²) in [6.07, 6.45) is -2.85. The second-order valence-corrected chi connectivity index (χ2v) is 3.58. The summed E-state index contributed by atoms with van der Waals surface area (Å²) in [6.45, 7) is 3.99. The summed E-state index contributed by atoms with van der Waals surface area (Å²) in [6, 6.07) is 5.43. The molecule has 1 rings (SSSR count). The van der Waals surface area contributed by atoms with Gasteiger partial charge in [-0.15, -0.1) is 13.2 Å². The molecule has 0 spiro atoms. The van der Waals surface area contributed by atoms with Gasteiger partial charge in [-0.3, -0.25) is 0 Å².